The van der Waals surface area contributed by atoms with Crippen LogP contribution in [0.4, 0.5) is 0 Å². The van der Waals surface area contributed by atoms with E-state index in [1.165, 1.54) is 12.2 Å². The highest BCUT2D eigenvalue weighted by Crippen LogP contribution is 2.31. The summed E-state index contributed by atoms with van der Waals surface area (Å²) in [6.07, 6.45) is 3.08. The highest BCUT2D eigenvalue weighted by molar-refractivity contribution is 7.86. The number of rotatable bonds is 6. The van der Waals surface area contributed by atoms with Crippen LogP contribution in [0, 0.1) is 5.41 Å². The molecule has 4 N–H and O–H groups in total. The fourth-order valence-corrected chi connectivity index (χ4v) is 3.02. The molecule has 0 bridgehead atoms. The Kier molecular flexibility index (Phi) is 6.15. The van der Waals surface area contributed by atoms with Crippen LogP contribution in [0.5, 0.6) is 0 Å². The van der Waals surface area contributed by atoms with Crippen LogP contribution in [-0.2, 0) is 16.5 Å². The van der Waals surface area contributed by atoms with Gasteiger partial charge >= 0.3 is 0 Å². The van der Waals surface area contributed by atoms with Gasteiger partial charge in [-0.25, -0.2) is 8.42 Å². The minimum Gasteiger partial charge on any atom is -0.748 e. The van der Waals surface area contributed by atoms with Gasteiger partial charge in [0.2, 0.25) is 0 Å². The average Bonchev–Trinajstić information content (AvgIpc) is 2.35. The fraction of sp³-hybridized carbons (Fsp3) is 0.286. The minimum absolute atomic E-state index is 0. The van der Waals surface area contributed by atoms with E-state index in [2.05, 4.69) is 13.2 Å². The van der Waals surface area contributed by atoms with E-state index in [-0.39, 0.29) is 12.6 Å². The molecule has 0 aliphatic heterocycles. The second kappa shape index (κ2) is 6.65. The Morgan fingerprint density at radius 3 is 2.11 bits per heavy atom. The zero-order chi connectivity index (χ0) is 13.8. The molecule has 1 unspecified atom stereocenters. The van der Waals surface area contributed by atoms with Gasteiger partial charge in [-0.3, -0.25) is 0 Å². The molecule has 0 amide bonds. The molecule has 0 aromatic heterocycles. The zero-order valence-electron chi connectivity index (χ0n) is 11.4. The highest BCUT2D eigenvalue weighted by Gasteiger charge is 2.33. The summed E-state index contributed by atoms with van der Waals surface area (Å²) in [7, 11) is -4.44. The van der Waals surface area contributed by atoms with Crippen LogP contribution in [0.25, 0.3) is 0 Å². The van der Waals surface area contributed by atoms with Gasteiger partial charge in [-0.15, -0.1) is 13.2 Å². The van der Waals surface area contributed by atoms with Gasteiger partial charge < -0.3 is 10.7 Å². The molecule has 0 saturated carbocycles. The molecule has 0 aliphatic carbocycles. The average molecular weight is 283 g/mol. The summed E-state index contributed by atoms with van der Waals surface area (Å²) in [5, 5.41) is -1.10. The number of quaternary nitrogens is 1. The Hall–Kier alpha value is -1.43. The Bertz CT molecular complexity index is 515. The zero-order valence-corrected chi connectivity index (χ0v) is 12.2. The lowest BCUT2D eigenvalue weighted by molar-refractivity contribution is 0.403. The molecule has 5 heteroatoms. The highest BCUT2D eigenvalue weighted by atomic mass is 32.2. The van der Waals surface area contributed by atoms with Crippen LogP contribution in [0.3, 0.4) is 0 Å². The standard InChI is InChI=1S/C14H18O3S.H3N/c1-4-14(3,5-2)13(18(15,16)17)11-12-9-7-6-8-10-12;/h4-10,13H,1-2,11H2,3H3,(H,15,16,17);1H3. The van der Waals surface area contributed by atoms with Crippen molar-refractivity contribution in [3.05, 3.63) is 61.2 Å². The Morgan fingerprint density at radius 1 is 1.26 bits per heavy atom. The van der Waals surface area contributed by atoms with Gasteiger partial charge in [0.15, 0.2) is 0 Å². The van der Waals surface area contributed by atoms with E-state index in [9.17, 15) is 13.0 Å². The number of allylic oxidation sites excluding steroid dienone is 2. The molecule has 0 spiro atoms. The molecule has 19 heavy (non-hydrogen) atoms. The summed E-state index contributed by atoms with van der Waals surface area (Å²) in [5.41, 5.74) is -0.131. The van der Waals surface area contributed by atoms with Crippen molar-refractivity contribution in [3.63, 3.8) is 0 Å². The molecule has 1 atom stereocenters. The van der Waals surface area contributed by atoms with Crippen molar-refractivity contribution in [3.8, 4) is 0 Å². The third-order valence-electron chi connectivity index (χ3n) is 3.19. The maximum absolute atomic E-state index is 11.4. The first kappa shape index (κ1) is 17.6. The second-order valence-electron chi connectivity index (χ2n) is 4.45. The smallest absolute Gasteiger partial charge is 0.0990 e. The maximum atomic E-state index is 11.4. The van der Waals surface area contributed by atoms with E-state index < -0.39 is 20.8 Å². The molecule has 4 nitrogen and oxygen atoms in total. The second-order valence-corrected chi connectivity index (χ2v) is 6.00. The van der Waals surface area contributed by atoms with Crippen molar-refractivity contribution in [1.82, 2.24) is 6.15 Å². The first-order chi connectivity index (χ1) is 8.33. The molecule has 1 rings (SSSR count). The lowest BCUT2D eigenvalue weighted by Crippen LogP contribution is -2.37. The SMILES string of the molecule is C=CC(C)(C=C)C(Cc1ccccc1)S(=O)(=O)[O-].[NH4+]. The molecule has 0 heterocycles. The number of hydrogen-bond donors (Lipinski definition) is 1. The van der Waals surface area contributed by atoms with Crippen LogP contribution >= 0.6 is 0 Å². The van der Waals surface area contributed by atoms with Gasteiger partial charge in [0.05, 0.1) is 15.4 Å². The van der Waals surface area contributed by atoms with Crippen molar-refractivity contribution >= 4 is 10.1 Å². The van der Waals surface area contributed by atoms with Crippen LogP contribution in [0.15, 0.2) is 55.6 Å². The molecular weight excluding hydrogens is 262 g/mol. The number of hydrogen-bond acceptors (Lipinski definition) is 3. The van der Waals surface area contributed by atoms with Gasteiger partial charge in [0, 0.05) is 5.41 Å². The van der Waals surface area contributed by atoms with Crippen LogP contribution in [-0.4, -0.2) is 18.2 Å². The van der Waals surface area contributed by atoms with E-state index in [4.69, 9.17) is 0 Å². The van der Waals surface area contributed by atoms with Crippen molar-refractivity contribution in [2.75, 3.05) is 0 Å². The summed E-state index contributed by atoms with van der Waals surface area (Å²) >= 11 is 0. The van der Waals surface area contributed by atoms with E-state index in [0.29, 0.717) is 0 Å². The molecular formula is C14H21NO3S. The van der Waals surface area contributed by atoms with Crippen LogP contribution in [0.2, 0.25) is 0 Å². The lowest BCUT2D eigenvalue weighted by Gasteiger charge is -2.34. The van der Waals surface area contributed by atoms with E-state index in [1.54, 1.807) is 19.1 Å². The Morgan fingerprint density at radius 2 is 1.74 bits per heavy atom. The van der Waals surface area contributed by atoms with E-state index in [1.807, 2.05) is 18.2 Å². The van der Waals surface area contributed by atoms with Crippen LogP contribution < -0.4 is 6.15 Å². The molecule has 0 radical (unpaired) electrons. The molecule has 1 aromatic carbocycles. The van der Waals surface area contributed by atoms with E-state index >= 15 is 0 Å². The monoisotopic (exact) mass is 283 g/mol. The van der Waals surface area contributed by atoms with Crippen molar-refractivity contribution in [2.45, 2.75) is 18.6 Å². The fourth-order valence-electron chi connectivity index (χ4n) is 1.81. The molecule has 0 saturated heterocycles. The van der Waals surface area contributed by atoms with Gasteiger partial charge in [-0.05, 0) is 12.0 Å². The Labute approximate surface area is 115 Å². The van der Waals surface area contributed by atoms with Crippen molar-refractivity contribution in [1.29, 1.82) is 0 Å². The first-order valence-electron chi connectivity index (χ1n) is 5.59. The summed E-state index contributed by atoms with van der Waals surface area (Å²) < 4.78 is 34.3. The topological polar surface area (TPSA) is 93.7 Å². The molecule has 0 aliphatic rings. The first-order valence-corrected chi connectivity index (χ1v) is 7.06. The van der Waals surface area contributed by atoms with Crippen LogP contribution in [0.1, 0.15) is 12.5 Å². The van der Waals surface area contributed by atoms with Gasteiger partial charge in [-0.1, -0.05) is 49.4 Å². The minimum atomic E-state index is -4.44. The van der Waals surface area contributed by atoms with Gasteiger partial charge in [0.25, 0.3) is 0 Å². The third kappa shape index (κ3) is 4.31. The normalized spacial score (nSPS) is 13.2. The summed E-state index contributed by atoms with van der Waals surface area (Å²) in [5.74, 6) is 0. The summed E-state index contributed by atoms with van der Waals surface area (Å²) in [4.78, 5) is 0. The third-order valence-corrected chi connectivity index (χ3v) is 4.56. The maximum Gasteiger partial charge on any atom is 0.0990 e. The van der Waals surface area contributed by atoms with Crippen molar-refractivity contribution < 1.29 is 13.0 Å². The Balaban J connectivity index is 0.00000324. The predicted octanol–water partition coefficient (Wildman–Crippen LogP) is 2.90. The molecule has 0 fully saturated rings. The predicted molar refractivity (Wildman–Crippen MR) is 78.1 cm³/mol. The number of benzene rings is 1. The van der Waals surface area contributed by atoms with E-state index in [0.717, 1.165) is 5.56 Å². The molecule has 1 aromatic rings. The van der Waals surface area contributed by atoms with Gasteiger partial charge in [0.1, 0.15) is 0 Å². The van der Waals surface area contributed by atoms with Crippen molar-refractivity contribution in [2.24, 2.45) is 5.41 Å². The summed E-state index contributed by atoms with van der Waals surface area (Å²) in [6, 6.07) is 9.05. The molecule has 106 valence electrons. The lowest BCUT2D eigenvalue weighted by atomic mass is 9.84. The summed E-state index contributed by atoms with van der Waals surface area (Å²) in [6.45, 7) is 8.86. The largest absolute Gasteiger partial charge is 0.748 e. The van der Waals surface area contributed by atoms with Gasteiger partial charge in [-0.2, -0.15) is 0 Å². The quantitative estimate of drug-likeness (QED) is 0.642.